The van der Waals surface area contributed by atoms with Gasteiger partial charge in [0.1, 0.15) is 5.69 Å². The van der Waals surface area contributed by atoms with Crippen molar-refractivity contribution in [3.63, 3.8) is 0 Å². The molecule has 0 amide bonds. The van der Waals surface area contributed by atoms with Gasteiger partial charge in [0.05, 0.1) is 7.11 Å². The summed E-state index contributed by atoms with van der Waals surface area (Å²) in [6.07, 6.45) is 4.40. The highest BCUT2D eigenvalue weighted by Gasteiger charge is 2.13. The zero-order chi connectivity index (χ0) is 12.0. The minimum absolute atomic E-state index is 0.356. The lowest BCUT2D eigenvalue weighted by Crippen LogP contribution is -2.24. The van der Waals surface area contributed by atoms with Gasteiger partial charge in [0.25, 0.3) is 0 Å². The van der Waals surface area contributed by atoms with Crippen molar-refractivity contribution >= 4 is 0 Å². The maximum Gasteiger partial charge on any atom is 0.235 e. The lowest BCUT2D eigenvalue weighted by Gasteiger charge is -2.14. The SMILES string of the molecule is COc1nccnc1C(C)CCNC(C)C. The van der Waals surface area contributed by atoms with Crippen LogP contribution in [-0.2, 0) is 0 Å². The first-order chi connectivity index (χ1) is 7.65. The van der Waals surface area contributed by atoms with E-state index in [2.05, 4.69) is 36.1 Å². The third-order valence-electron chi connectivity index (χ3n) is 2.48. The lowest BCUT2D eigenvalue weighted by atomic mass is 10.0. The Morgan fingerprint density at radius 3 is 2.56 bits per heavy atom. The van der Waals surface area contributed by atoms with E-state index >= 15 is 0 Å². The van der Waals surface area contributed by atoms with Crippen molar-refractivity contribution in [1.82, 2.24) is 15.3 Å². The fourth-order valence-corrected chi connectivity index (χ4v) is 1.56. The molecule has 1 unspecified atom stereocenters. The molecule has 0 aliphatic heterocycles. The summed E-state index contributed by atoms with van der Waals surface area (Å²) in [5.41, 5.74) is 0.940. The first-order valence-corrected chi connectivity index (χ1v) is 5.73. The molecule has 0 saturated carbocycles. The largest absolute Gasteiger partial charge is 0.480 e. The Morgan fingerprint density at radius 2 is 1.94 bits per heavy atom. The van der Waals surface area contributed by atoms with E-state index < -0.39 is 0 Å². The lowest BCUT2D eigenvalue weighted by molar-refractivity contribution is 0.383. The van der Waals surface area contributed by atoms with Crippen molar-refractivity contribution < 1.29 is 4.74 Å². The molecule has 0 bridgehead atoms. The van der Waals surface area contributed by atoms with Crippen molar-refractivity contribution in [1.29, 1.82) is 0 Å². The molecular weight excluding hydrogens is 202 g/mol. The average Bonchev–Trinajstić information content (AvgIpc) is 2.28. The molecule has 0 fully saturated rings. The van der Waals surface area contributed by atoms with Gasteiger partial charge in [0.15, 0.2) is 0 Å². The minimum Gasteiger partial charge on any atom is -0.480 e. The summed E-state index contributed by atoms with van der Waals surface area (Å²) in [6, 6.07) is 0.524. The van der Waals surface area contributed by atoms with Crippen LogP contribution in [0.3, 0.4) is 0 Å². The van der Waals surface area contributed by atoms with E-state index in [0.717, 1.165) is 18.7 Å². The van der Waals surface area contributed by atoms with E-state index in [4.69, 9.17) is 4.74 Å². The van der Waals surface area contributed by atoms with Gasteiger partial charge in [-0.1, -0.05) is 20.8 Å². The topological polar surface area (TPSA) is 47.0 Å². The third kappa shape index (κ3) is 3.77. The molecule has 1 aromatic heterocycles. The average molecular weight is 223 g/mol. The van der Waals surface area contributed by atoms with Crippen LogP contribution in [0, 0.1) is 0 Å². The van der Waals surface area contributed by atoms with Gasteiger partial charge in [-0.3, -0.25) is 4.98 Å². The Labute approximate surface area is 97.5 Å². The summed E-state index contributed by atoms with van der Waals surface area (Å²) < 4.78 is 5.20. The van der Waals surface area contributed by atoms with Gasteiger partial charge in [-0.15, -0.1) is 0 Å². The monoisotopic (exact) mass is 223 g/mol. The molecule has 0 aromatic carbocycles. The van der Waals surface area contributed by atoms with Gasteiger partial charge in [-0.05, 0) is 13.0 Å². The van der Waals surface area contributed by atoms with Crippen LogP contribution >= 0.6 is 0 Å². The van der Waals surface area contributed by atoms with Crippen LogP contribution < -0.4 is 10.1 Å². The fourth-order valence-electron chi connectivity index (χ4n) is 1.56. The quantitative estimate of drug-likeness (QED) is 0.801. The fraction of sp³-hybridized carbons (Fsp3) is 0.667. The van der Waals surface area contributed by atoms with E-state index in [1.807, 2.05) is 0 Å². The number of hydrogen-bond acceptors (Lipinski definition) is 4. The van der Waals surface area contributed by atoms with Crippen LogP contribution in [0.1, 0.15) is 38.8 Å². The van der Waals surface area contributed by atoms with Gasteiger partial charge in [-0.2, -0.15) is 0 Å². The van der Waals surface area contributed by atoms with Gasteiger partial charge >= 0.3 is 0 Å². The number of nitrogens with zero attached hydrogens (tertiary/aromatic N) is 2. The molecule has 16 heavy (non-hydrogen) atoms. The maximum absolute atomic E-state index is 5.20. The highest BCUT2D eigenvalue weighted by Crippen LogP contribution is 2.23. The van der Waals surface area contributed by atoms with Gasteiger partial charge < -0.3 is 10.1 Å². The molecular formula is C12H21N3O. The van der Waals surface area contributed by atoms with Crippen molar-refractivity contribution in [2.24, 2.45) is 0 Å². The smallest absolute Gasteiger partial charge is 0.235 e. The standard InChI is InChI=1S/C12H21N3O/c1-9(2)13-6-5-10(3)11-12(16-4)15-8-7-14-11/h7-10,13H,5-6H2,1-4H3. The molecule has 0 radical (unpaired) electrons. The van der Waals surface area contributed by atoms with Crippen LogP contribution in [0.5, 0.6) is 5.88 Å². The molecule has 1 heterocycles. The van der Waals surface area contributed by atoms with Crippen LogP contribution in [0.2, 0.25) is 0 Å². The highest BCUT2D eigenvalue weighted by molar-refractivity contribution is 5.20. The summed E-state index contributed by atoms with van der Waals surface area (Å²) >= 11 is 0. The molecule has 0 spiro atoms. The van der Waals surface area contributed by atoms with E-state index in [1.54, 1.807) is 19.5 Å². The molecule has 0 saturated heterocycles. The molecule has 4 heteroatoms. The summed E-state index contributed by atoms with van der Waals surface area (Å²) in [7, 11) is 1.63. The number of rotatable bonds is 6. The Bertz CT molecular complexity index is 315. The molecule has 90 valence electrons. The summed E-state index contributed by atoms with van der Waals surface area (Å²) in [5, 5.41) is 3.39. The summed E-state index contributed by atoms with van der Waals surface area (Å²) in [5.74, 6) is 0.995. The molecule has 1 N–H and O–H groups in total. The highest BCUT2D eigenvalue weighted by atomic mass is 16.5. The van der Waals surface area contributed by atoms with Crippen LogP contribution in [0.4, 0.5) is 0 Å². The molecule has 0 aliphatic rings. The van der Waals surface area contributed by atoms with Crippen LogP contribution in [0.15, 0.2) is 12.4 Å². The predicted octanol–water partition coefficient (Wildman–Crippen LogP) is 1.98. The molecule has 1 atom stereocenters. The third-order valence-corrected chi connectivity index (χ3v) is 2.48. The second kappa shape index (κ2) is 6.43. The Hall–Kier alpha value is -1.16. The second-order valence-corrected chi connectivity index (χ2v) is 4.25. The van der Waals surface area contributed by atoms with E-state index in [0.29, 0.717) is 17.8 Å². The van der Waals surface area contributed by atoms with Crippen LogP contribution in [-0.4, -0.2) is 29.7 Å². The Balaban J connectivity index is 2.55. The minimum atomic E-state index is 0.356. The van der Waals surface area contributed by atoms with Gasteiger partial charge in [0, 0.05) is 24.4 Å². The Morgan fingerprint density at radius 1 is 1.25 bits per heavy atom. The number of aromatic nitrogens is 2. The van der Waals surface area contributed by atoms with E-state index in [-0.39, 0.29) is 0 Å². The number of ether oxygens (including phenoxy) is 1. The number of hydrogen-bond donors (Lipinski definition) is 1. The first kappa shape index (κ1) is 12.9. The van der Waals surface area contributed by atoms with Crippen molar-refractivity contribution in [2.45, 2.75) is 39.2 Å². The van der Waals surface area contributed by atoms with Crippen molar-refractivity contribution in [3.05, 3.63) is 18.1 Å². The summed E-state index contributed by atoms with van der Waals surface area (Å²) in [4.78, 5) is 8.49. The molecule has 4 nitrogen and oxygen atoms in total. The van der Waals surface area contributed by atoms with Gasteiger partial charge in [0.2, 0.25) is 5.88 Å². The molecule has 1 aromatic rings. The van der Waals surface area contributed by atoms with E-state index in [9.17, 15) is 0 Å². The Kier molecular flexibility index (Phi) is 5.19. The first-order valence-electron chi connectivity index (χ1n) is 5.73. The normalized spacial score (nSPS) is 12.8. The van der Waals surface area contributed by atoms with Crippen molar-refractivity contribution in [3.8, 4) is 5.88 Å². The number of methoxy groups -OCH3 is 1. The predicted molar refractivity (Wildman–Crippen MR) is 64.8 cm³/mol. The maximum atomic E-state index is 5.20. The van der Waals surface area contributed by atoms with Crippen LogP contribution in [0.25, 0.3) is 0 Å². The van der Waals surface area contributed by atoms with E-state index in [1.165, 1.54) is 0 Å². The molecule has 0 aliphatic carbocycles. The summed E-state index contributed by atoms with van der Waals surface area (Å²) in [6.45, 7) is 7.42. The number of nitrogens with one attached hydrogen (secondary N) is 1. The molecule has 1 rings (SSSR count). The zero-order valence-corrected chi connectivity index (χ0v) is 10.5. The van der Waals surface area contributed by atoms with Gasteiger partial charge in [-0.25, -0.2) is 4.98 Å². The zero-order valence-electron chi connectivity index (χ0n) is 10.5. The van der Waals surface area contributed by atoms with Crippen molar-refractivity contribution in [2.75, 3.05) is 13.7 Å². The second-order valence-electron chi connectivity index (χ2n) is 4.25.